The van der Waals surface area contributed by atoms with E-state index in [9.17, 15) is 4.79 Å². The number of thiazole rings is 1. The Labute approximate surface area is 131 Å². The second kappa shape index (κ2) is 5.95. The molecule has 21 heavy (non-hydrogen) atoms. The zero-order valence-electron chi connectivity index (χ0n) is 11.7. The van der Waals surface area contributed by atoms with Crippen LogP contribution in [0.5, 0.6) is 5.88 Å². The highest BCUT2D eigenvalue weighted by molar-refractivity contribution is 7.11. The number of fused-ring (bicyclic) bond motifs is 1. The van der Waals surface area contributed by atoms with E-state index in [1.54, 1.807) is 23.3 Å². The van der Waals surface area contributed by atoms with Gasteiger partial charge >= 0.3 is 0 Å². The second-order valence-electron chi connectivity index (χ2n) is 4.67. The molecule has 0 aliphatic heterocycles. The molecule has 1 aliphatic rings. The molecule has 2 heterocycles. The Hall–Kier alpha value is -1.73. The summed E-state index contributed by atoms with van der Waals surface area (Å²) in [5.74, 6) is 0.281. The van der Waals surface area contributed by atoms with Crippen LogP contribution >= 0.6 is 22.9 Å². The third-order valence-corrected chi connectivity index (χ3v) is 5.12. The average Bonchev–Trinajstić information content (AvgIpc) is 3.18. The molecule has 110 valence electrons. The van der Waals surface area contributed by atoms with E-state index in [2.05, 4.69) is 15.9 Å². The molecular formula is C14H15N3O2S2. The molecule has 0 fully saturated rings. The van der Waals surface area contributed by atoms with Crippen molar-refractivity contribution >= 4 is 34.5 Å². The zero-order chi connectivity index (χ0) is 14.8. The van der Waals surface area contributed by atoms with Gasteiger partial charge in [-0.15, -0.1) is 11.3 Å². The predicted octanol–water partition coefficient (Wildman–Crippen LogP) is 2.82. The summed E-state index contributed by atoms with van der Waals surface area (Å²) in [5, 5.41) is 2.75. The Balaban J connectivity index is 1.89. The van der Waals surface area contributed by atoms with E-state index in [0.717, 1.165) is 17.8 Å². The Bertz CT molecular complexity index is 656. The van der Waals surface area contributed by atoms with Crippen molar-refractivity contribution in [3.05, 3.63) is 33.6 Å². The maximum atomic E-state index is 12.2. The molecule has 0 radical (unpaired) electrons. The van der Waals surface area contributed by atoms with E-state index in [1.807, 2.05) is 5.38 Å². The number of amides is 1. The molecule has 5 nitrogen and oxygen atoms in total. The summed E-state index contributed by atoms with van der Waals surface area (Å²) in [5.41, 5.74) is 1.86. The summed E-state index contributed by atoms with van der Waals surface area (Å²) in [4.78, 5) is 19.8. The molecule has 0 atom stereocenters. The number of aromatic nitrogens is 2. The highest BCUT2D eigenvalue weighted by Gasteiger charge is 2.23. The monoisotopic (exact) mass is 321 g/mol. The molecule has 0 N–H and O–H groups in total. The van der Waals surface area contributed by atoms with Gasteiger partial charge in [-0.25, -0.2) is 4.98 Å². The minimum atomic E-state index is -0.177. The summed E-state index contributed by atoms with van der Waals surface area (Å²) in [6, 6.07) is 0. The van der Waals surface area contributed by atoms with Crippen LogP contribution in [0.25, 0.3) is 0 Å². The van der Waals surface area contributed by atoms with Gasteiger partial charge in [-0.3, -0.25) is 9.69 Å². The molecule has 7 heteroatoms. The van der Waals surface area contributed by atoms with Crippen molar-refractivity contribution in [2.24, 2.45) is 0 Å². The molecule has 1 aliphatic carbocycles. The summed E-state index contributed by atoms with van der Waals surface area (Å²) in [6.07, 6.45) is 4.64. The van der Waals surface area contributed by atoms with Gasteiger partial charge in [-0.1, -0.05) is 6.58 Å². The Morgan fingerprint density at radius 3 is 3.14 bits per heavy atom. The number of nitrogens with zero attached hydrogens (tertiary/aromatic N) is 3. The first-order valence-electron chi connectivity index (χ1n) is 6.62. The third-order valence-electron chi connectivity index (χ3n) is 3.38. The molecule has 0 saturated heterocycles. The van der Waals surface area contributed by atoms with Crippen LogP contribution in [0.1, 0.15) is 22.0 Å². The first-order valence-corrected chi connectivity index (χ1v) is 8.28. The highest BCUT2D eigenvalue weighted by atomic mass is 32.1. The van der Waals surface area contributed by atoms with Crippen LogP contribution in [-0.4, -0.2) is 22.4 Å². The van der Waals surface area contributed by atoms with Crippen molar-refractivity contribution in [1.29, 1.82) is 0 Å². The number of ether oxygens (including phenoxy) is 1. The fourth-order valence-corrected chi connectivity index (χ4v) is 4.17. The van der Waals surface area contributed by atoms with Gasteiger partial charge in [0.1, 0.15) is 10.7 Å². The van der Waals surface area contributed by atoms with Crippen LogP contribution < -0.4 is 9.64 Å². The van der Waals surface area contributed by atoms with E-state index in [-0.39, 0.29) is 5.91 Å². The molecule has 0 aromatic carbocycles. The first kappa shape index (κ1) is 14.2. The second-order valence-corrected chi connectivity index (χ2v) is 6.47. The number of anilines is 1. The van der Waals surface area contributed by atoms with E-state index in [0.29, 0.717) is 18.1 Å². The van der Waals surface area contributed by atoms with Crippen LogP contribution in [0.2, 0.25) is 0 Å². The molecular weight excluding hydrogens is 306 g/mol. The maximum Gasteiger partial charge on any atom is 0.250 e. The van der Waals surface area contributed by atoms with Crippen molar-refractivity contribution in [2.75, 3.05) is 12.0 Å². The number of carbonyl (C=O) groups is 1. The lowest BCUT2D eigenvalue weighted by atomic mass is 10.3. The molecule has 0 bridgehead atoms. The summed E-state index contributed by atoms with van der Waals surface area (Å²) >= 11 is 2.95. The van der Waals surface area contributed by atoms with Gasteiger partial charge in [0.15, 0.2) is 0 Å². The highest BCUT2D eigenvalue weighted by Crippen LogP contribution is 2.33. The fraction of sp³-hybridized carbons (Fsp3) is 0.357. The largest absolute Gasteiger partial charge is 0.479 e. The Morgan fingerprint density at radius 2 is 2.43 bits per heavy atom. The predicted molar refractivity (Wildman–Crippen MR) is 84.2 cm³/mol. The first-order chi connectivity index (χ1) is 10.2. The fourth-order valence-electron chi connectivity index (χ4n) is 2.38. The van der Waals surface area contributed by atoms with E-state index >= 15 is 0 Å². The van der Waals surface area contributed by atoms with Gasteiger partial charge in [0, 0.05) is 10.3 Å². The number of hydrogen-bond acceptors (Lipinski definition) is 6. The molecule has 2 aromatic rings. The SMILES string of the molecule is C=CC(=O)N(Cc1nc2c(s1)CCC2)c1csnc1OC. The van der Waals surface area contributed by atoms with Gasteiger partial charge in [0.05, 0.1) is 19.3 Å². The topological polar surface area (TPSA) is 55.3 Å². The van der Waals surface area contributed by atoms with Crippen molar-refractivity contribution in [3.63, 3.8) is 0 Å². The van der Waals surface area contributed by atoms with E-state index in [1.165, 1.54) is 34.6 Å². The number of aryl methyl sites for hydroxylation is 2. The summed E-state index contributed by atoms with van der Waals surface area (Å²) in [6.45, 7) is 4.00. The van der Waals surface area contributed by atoms with Gasteiger partial charge in [-0.05, 0) is 36.9 Å². The van der Waals surface area contributed by atoms with E-state index in [4.69, 9.17) is 4.74 Å². The van der Waals surface area contributed by atoms with E-state index < -0.39 is 0 Å². The molecule has 3 rings (SSSR count). The molecule has 1 amide bonds. The Kier molecular flexibility index (Phi) is 4.03. The lowest BCUT2D eigenvalue weighted by molar-refractivity contribution is -0.114. The molecule has 2 aromatic heterocycles. The van der Waals surface area contributed by atoms with Gasteiger partial charge in [0.2, 0.25) is 5.88 Å². The van der Waals surface area contributed by atoms with Crippen molar-refractivity contribution < 1.29 is 9.53 Å². The molecule has 0 saturated carbocycles. The lowest BCUT2D eigenvalue weighted by Crippen LogP contribution is -2.28. The molecule has 0 unspecified atom stereocenters. The maximum absolute atomic E-state index is 12.2. The number of carbonyl (C=O) groups excluding carboxylic acids is 1. The zero-order valence-corrected chi connectivity index (χ0v) is 13.3. The van der Waals surface area contributed by atoms with Crippen LogP contribution in [0, 0.1) is 0 Å². The average molecular weight is 321 g/mol. The molecule has 0 spiro atoms. The number of hydrogen-bond donors (Lipinski definition) is 0. The van der Waals surface area contributed by atoms with Crippen molar-refractivity contribution in [1.82, 2.24) is 9.36 Å². The Morgan fingerprint density at radius 1 is 1.57 bits per heavy atom. The van der Waals surface area contributed by atoms with Crippen LogP contribution in [-0.2, 0) is 24.2 Å². The van der Waals surface area contributed by atoms with Crippen LogP contribution in [0.4, 0.5) is 5.69 Å². The normalized spacial score (nSPS) is 13.0. The van der Waals surface area contributed by atoms with Gasteiger partial charge in [-0.2, -0.15) is 4.37 Å². The van der Waals surface area contributed by atoms with Gasteiger partial charge in [0.25, 0.3) is 5.91 Å². The quantitative estimate of drug-likeness (QED) is 0.795. The summed E-state index contributed by atoms with van der Waals surface area (Å²) in [7, 11) is 1.55. The third kappa shape index (κ3) is 2.71. The van der Waals surface area contributed by atoms with Crippen molar-refractivity contribution in [3.8, 4) is 5.88 Å². The minimum absolute atomic E-state index is 0.177. The van der Waals surface area contributed by atoms with Crippen molar-refractivity contribution in [2.45, 2.75) is 25.8 Å². The van der Waals surface area contributed by atoms with Crippen LogP contribution in [0.3, 0.4) is 0 Å². The number of rotatable bonds is 5. The standard InChI is InChI=1S/C14H15N3O2S2/c1-3-13(18)17(10-8-20-16-14(10)19-2)7-12-15-9-5-4-6-11(9)21-12/h3,8H,1,4-7H2,2H3. The van der Waals surface area contributed by atoms with Gasteiger partial charge < -0.3 is 4.74 Å². The minimum Gasteiger partial charge on any atom is -0.479 e. The number of methoxy groups -OCH3 is 1. The smallest absolute Gasteiger partial charge is 0.250 e. The van der Waals surface area contributed by atoms with Crippen LogP contribution in [0.15, 0.2) is 18.0 Å². The lowest BCUT2D eigenvalue weighted by Gasteiger charge is -2.19. The summed E-state index contributed by atoms with van der Waals surface area (Å²) < 4.78 is 9.35.